The van der Waals surface area contributed by atoms with Crippen LogP contribution in [0.25, 0.3) is 33.6 Å². The van der Waals surface area contributed by atoms with Gasteiger partial charge in [-0.2, -0.15) is 0 Å². The molecule has 0 unspecified atom stereocenters. The Balaban J connectivity index is 1.52. The van der Waals surface area contributed by atoms with E-state index in [0.717, 1.165) is 22.1 Å². The summed E-state index contributed by atoms with van der Waals surface area (Å²) in [4.78, 5) is 31.6. The Bertz CT molecular complexity index is 1530. The third kappa shape index (κ3) is 4.58. The fourth-order valence-corrected chi connectivity index (χ4v) is 3.72. The van der Waals surface area contributed by atoms with Crippen molar-refractivity contribution in [2.75, 3.05) is 5.32 Å². The molecule has 2 heterocycles. The average Bonchev–Trinajstić information content (AvgIpc) is 3.42. The molecule has 2 aromatic heterocycles. The van der Waals surface area contributed by atoms with Gasteiger partial charge < -0.3 is 19.9 Å². The maximum absolute atomic E-state index is 11.2. The van der Waals surface area contributed by atoms with Crippen molar-refractivity contribution in [2.45, 2.75) is 6.54 Å². The van der Waals surface area contributed by atoms with Crippen LogP contribution in [0, 0.1) is 0 Å². The summed E-state index contributed by atoms with van der Waals surface area (Å²) in [5.41, 5.74) is 3.79. The lowest BCUT2D eigenvalue weighted by Crippen LogP contribution is -2.05. The van der Waals surface area contributed by atoms with Crippen LogP contribution < -0.4 is 5.32 Å². The summed E-state index contributed by atoms with van der Waals surface area (Å²) in [5.74, 6) is -0.389. The maximum atomic E-state index is 11.2. The number of rotatable bonds is 7. The Labute approximate surface area is 199 Å². The van der Waals surface area contributed by atoms with Crippen molar-refractivity contribution in [1.29, 1.82) is 0 Å². The van der Waals surface area contributed by atoms with Gasteiger partial charge in [-0.3, -0.25) is 0 Å². The minimum Gasteiger partial charge on any atom is -0.478 e. The van der Waals surface area contributed by atoms with Crippen LogP contribution in [-0.2, 0) is 6.54 Å². The van der Waals surface area contributed by atoms with Crippen molar-refractivity contribution in [3.63, 3.8) is 0 Å². The van der Waals surface area contributed by atoms with Crippen LogP contribution in [0.15, 0.2) is 89.5 Å². The molecule has 3 aromatic carbocycles. The fourth-order valence-electron chi connectivity index (χ4n) is 3.72. The molecule has 3 N–H and O–H groups in total. The van der Waals surface area contributed by atoms with Gasteiger partial charge in [0.25, 0.3) is 0 Å². The van der Waals surface area contributed by atoms with E-state index in [1.807, 2.05) is 18.2 Å². The second-order valence-corrected chi connectivity index (χ2v) is 7.84. The van der Waals surface area contributed by atoms with Gasteiger partial charge in [-0.05, 0) is 65.2 Å². The number of aromatic nitrogens is 2. The Morgan fingerprint density at radius 1 is 0.800 bits per heavy atom. The van der Waals surface area contributed by atoms with Gasteiger partial charge in [0.15, 0.2) is 11.6 Å². The molecule has 0 radical (unpaired) electrons. The Hall–Kier alpha value is -4.98. The first-order valence-electron chi connectivity index (χ1n) is 10.7. The summed E-state index contributed by atoms with van der Waals surface area (Å²) < 4.78 is 5.51. The lowest BCUT2D eigenvalue weighted by Gasteiger charge is -2.12. The number of carboxylic acids is 2. The number of hydrogen-bond acceptors (Lipinski definition) is 6. The standard InChI is InChI=1S/C27H19N3O5/c31-26(32)18-5-3-16(4-6-18)15-28-24-21-12-11-20(17-7-9-19(10-8-17)27(33)34)14-22(21)29-25(30-24)23-2-1-13-35-23/h1-14H,15H2,(H,31,32)(H,33,34)(H,28,29,30). The molecule has 0 spiro atoms. The maximum Gasteiger partial charge on any atom is 0.335 e. The summed E-state index contributed by atoms with van der Waals surface area (Å²) in [6, 6.07) is 22.6. The molecule has 5 aromatic rings. The van der Waals surface area contributed by atoms with Crippen LogP contribution in [0.3, 0.4) is 0 Å². The number of carbonyl (C=O) groups is 2. The summed E-state index contributed by atoms with van der Waals surface area (Å²) >= 11 is 0. The van der Waals surface area contributed by atoms with Crippen LogP contribution in [0.5, 0.6) is 0 Å². The minimum absolute atomic E-state index is 0.222. The predicted octanol–water partition coefficient (Wildman–Crippen LogP) is 5.57. The van der Waals surface area contributed by atoms with Crippen LogP contribution in [0.4, 0.5) is 5.82 Å². The van der Waals surface area contributed by atoms with E-state index < -0.39 is 11.9 Å². The highest BCUT2D eigenvalue weighted by Crippen LogP contribution is 2.30. The number of hydrogen-bond donors (Lipinski definition) is 3. The van der Waals surface area contributed by atoms with Gasteiger partial charge >= 0.3 is 11.9 Å². The molecule has 0 aliphatic carbocycles. The van der Waals surface area contributed by atoms with Gasteiger partial charge in [0.05, 0.1) is 22.9 Å². The smallest absolute Gasteiger partial charge is 0.335 e. The third-order valence-corrected chi connectivity index (χ3v) is 5.56. The number of fused-ring (bicyclic) bond motifs is 1. The van der Waals surface area contributed by atoms with Gasteiger partial charge in [-0.15, -0.1) is 0 Å². The van der Waals surface area contributed by atoms with Gasteiger partial charge in [0.1, 0.15) is 5.82 Å². The normalized spacial score (nSPS) is 10.9. The van der Waals surface area contributed by atoms with Crippen molar-refractivity contribution in [3.8, 4) is 22.7 Å². The topological polar surface area (TPSA) is 126 Å². The van der Waals surface area contributed by atoms with Crippen molar-refractivity contribution >= 4 is 28.7 Å². The quantitative estimate of drug-likeness (QED) is 0.285. The molecule has 8 nitrogen and oxygen atoms in total. The van der Waals surface area contributed by atoms with Gasteiger partial charge in [0, 0.05) is 11.9 Å². The molecule has 172 valence electrons. The van der Waals surface area contributed by atoms with E-state index in [0.29, 0.717) is 29.5 Å². The lowest BCUT2D eigenvalue weighted by molar-refractivity contribution is 0.0686. The summed E-state index contributed by atoms with van der Waals surface area (Å²) in [6.45, 7) is 0.433. The molecule has 5 rings (SSSR count). The molecular formula is C27H19N3O5. The van der Waals surface area contributed by atoms with E-state index in [1.54, 1.807) is 66.9 Å². The molecule has 0 saturated heterocycles. The molecule has 0 amide bonds. The second-order valence-electron chi connectivity index (χ2n) is 7.84. The number of nitrogens with one attached hydrogen (secondary N) is 1. The molecule has 0 bridgehead atoms. The van der Waals surface area contributed by atoms with E-state index in [4.69, 9.17) is 19.6 Å². The number of anilines is 1. The van der Waals surface area contributed by atoms with Crippen LogP contribution in [0.1, 0.15) is 26.3 Å². The van der Waals surface area contributed by atoms with E-state index >= 15 is 0 Å². The molecule has 8 heteroatoms. The zero-order valence-corrected chi connectivity index (χ0v) is 18.3. The highest BCUT2D eigenvalue weighted by Gasteiger charge is 2.13. The van der Waals surface area contributed by atoms with Gasteiger partial charge in [-0.1, -0.05) is 30.3 Å². The fraction of sp³-hybridized carbons (Fsp3) is 0.0370. The first-order chi connectivity index (χ1) is 17.0. The van der Waals surface area contributed by atoms with E-state index in [-0.39, 0.29) is 11.1 Å². The SMILES string of the molecule is O=C(O)c1ccc(CNc2nc(-c3ccco3)nc3cc(-c4ccc(C(=O)O)cc4)ccc23)cc1. The van der Waals surface area contributed by atoms with Gasteiger partial charge in [0.2, 0.25) is 0 Å². The Morgan fingerprint density at radius 3 is 2.09 bits per heavy atom. The first-order valence-corrected chi connectivity index (χ1v) is 10.7. The highest BCUT2D eigenvalue weighted by molar-refractivity contribution is 5.94. The molecule has 0 aliphatic rings. The van der Waals surface area contributed by atoms with E-state index in [2.05, 4.69) is 10.3 Å². The molecule has 35 heavy (non-hydrogen) atoms. The largest absolute Gasteiger partial charge is 0.478 e. The average molecular weight is 465 g/mol. The number of nitrogens with zero attached hydrogens (tertiary/aromatic N) is 2. The van der Waals surface area contributed by atoms with Crippen molar-refractivity contribution in [3.05, 3.63) is 102 Å². The van der Waals surface area contributed by atoms with Crippen LogP contribution in [-0.4, -0.2) is 32.1 Å². The Morgan fingerprint density at radius 2 is 1.46 bits per heavy atom. The highest BCUT2D eigenvalue weighted by atomic mass is 16.4. The molecular weight excluding hydrogens is 446 g/mol. The monoisotopic (exact) mass is 465 g/mol. The van der Waals surface area contributed by atoms with E-state index in [1.165, 1.54) is 0 Å². The lowest BCUT2D eigenvalue weighted by atomic mass is 10.0. The molecule has 0 saturated carbocycles. The van der Waals surface area contributed by atoms with Crippen molar-refractivity contribution < 1.29 is 24.2 Å². The summed E-state index contributed by atoms with van der Waals surface area (Å²) in [6.07, 6.45) is 1.56. The van der Waals surface area contributed by atoms with Crippen molar-refractivity contribution in [2.24, 2.45) is 0 Å². The molecule has 0 aliphatic heterocycles. The Kier molecular flexibility index (Phi) is 5.68. The van der Waals surface area contributed by atoms with Crippen molar-refractivity contribution in [1.82, 2.24) is 9.97 Å². The number of benzene rings is 3. The van der Waals surface area contributed by atoms with Gasteiger partial charge in [-0.25, -0.2) is 19.6 Å². The zero-order valence-electron chi connectivity index (χ0n) is 18.3. The summed E-state index contributed by atoms with van der Waals surface area (Å²) in [5, 5.41) is 22.4. The van der Waals surface area contributed by atoms with Crippen LogP contribution in [0.2, 0.25) is 0 Å². The predicted molar refractivity (Wildman–Crippen MR) is 130 cm³/mol. The third-order valence-electron chi connectivity index (χ3n) is 5.56. The number of aromatic carboxylic acids is 2. The summed E-state index contributed by atoms with van der Waals surface area (Å²) in [7, 11) is 0. The number of carboxylic acid groups (broad SMARTS) is 2. The van der Waals surface area contributed by atoms with Crippen LogP contribution >= 0.6 is 0 Å². The minimum atomic E-state index is -0.973. The number of furan rings is 1. The molecule has 0 fully saturated rings. The zero-order chi connectivity index (χ0) is 24.4. The molecule has 0 atom stereocenters. The second kappa shape index (κ2) is 9.11. The first kappa shape index (κ1) is 21.8. The van der Waals surface area contributed by atoms with E-state index in [9.17, 15) is 9.59 Å².